The van der Waals surface area contributed by atoms with Gasteiger partial charge in [-0.1, -0.05) is 0 Å². The van der Waals surface area contributed by atoms with E-state index in [-0.39, 0.29) is 18.4 Å². The number of furan rings is 1. The molecule has 0 aliphatic carbocycles. The summed E-state index contributed by atoms with van der Waals surface area (Å²) in [6.07, 6.45) is 4.35. The van der Waals surface area contributed by atoms with Crippen molar-refractivity contribution in [2.45, 2.75) is 6.61 Å². The van der Waals surface area contributed by atoms with Crippen LogP contribution < -0.4 is 9.47 Å². The summed E-state index contributed by atoms with van der Waals surface area (Å²) in [5.41, 5.74) is 0.682. The maximum atomic E-state index is 11.9. The van der Waals surface area contributed by atoms with Gasteiger partial charge in [0.1, 0.15) is 11.5 Å². The first kappa shape index (κ1) is 17.3. The zero-order valence-corrected chi connectivity index (χ0v) is 14.2. The van der Waals surface area contributed by atoms with Gasteiger partial charge in [0.15, 0.2) is 12.4 Å². The Balaban J connectivity index is 1.60. The molecule has 8 heteroatoms. The van der Waals surface area contributed by atoms with Crippen molar-refractivity contribution in [3.8, 4) is 23.1 Å². The molecule has 0 saturated heterocycles. The molecule has 3 rings (SSSR count). The van der Waals surface area contributed by atoms with Crippen LogP contribution in [0, 0.1) is 0 Å². The highest BCUT2D eigenvalue weighted by Crippen LogP contribution is 2.25. The first-order valence-corrected chi connectivity index (χ1v) is 7.62. The van der Waals surface area contributed by atoms with Crippen LogP contribution >= 0.6 is 0 Å². The van der Waals surface area contributed by atoms with Gasteiger partial charge in [-0.25, -0.2) is 4.79 Å². The second-order valence-corrected chi connectivity index (χ2v) is 5.03. The van der Waals surface area contributed by atoms with E-state index >= 15 is 0 Å². The van der Waals surface area contributed by atoms with Crippen molar-refractivity contribution in [3.63, 3.8) is 0 Å². The SMILES string of the molecule is COc1ccc(OC)c(/C=C/C(=O)OCc2nnc(-c3ccco3)o2)c1. The zero-order chi connectivity index (χ0) is 18.4. The predicted molar refractivity (Wildman–Crippen MR) is 90.4 cm³/mol. The van der Waals surface area contributed by atoms with Crippen LogP contribution in [0.15, 0.2) is 51.5 Å². The van der Waals surface area contributed by atoms with Crippen LogP contribution in [0.1, 0.15) is 11.5 Å². The number of methoxy groups -OCH3 is 2. The van der Waals surface area contributed by atoms with Crippen molar-refractivity contribution in [3.05, 3.63) is 54.1 Å². The fraction of sp³-hybridized carbons (Fsp3) is 0.167. The molecule has 0 aliphatic rings. The Morgan fingerprint density at radius 3 is 2.81 bits per heavy atom. The molecule has 0 fully saturated rings. The van der Waals surface area contributed by atoms with Gasteiger partial charge in [0, 0.05) is 11.6 Å². The molecular formula is C18H16N2O6. The minimum Gasteiger partial charge on any atom is -0.497 e. The Labute approximate surface area is 149 Å². The highest BCUT2D eigenvalue weighted by molar-refractivity contribution is 5.87. The third-order valence-corrected chi connectivity index (χ3v) is 3.37. The molecule has 0 radical (unpaired) electrons. The summed E-state index contributed by atoms with van der Waals surface area (Å²) >= 11 is 0. The van der Waals surface area contributed by atoms with Gasteiger partial charge in [0.2, 0.25) is 0 Å². The van der Waals surface area contributed by atoms with E-state index in [1.165, 1.54) is 12.3 Å². The van der Waals surface area contributed by atoms with E-state index in [1.807, 2.05) is 0 Å². The van der Waals surface area contributed by atoms with Crippen molar-refractivity contribution < 1.29 is 27.8 Å². The molecule has 8 nitrogen and oxygen atoms in total. The summed E-state index contributed by atoms with van der Waals surface area (Å²) in [4.78, 5) is 11.9. The molecule has 1 aromatic carbocycles. The fourth-order valence-electron chi connectivity index (χ4n) is 2.12. The second kappa shape index (κ2) is 8.02. The van der Waals surface area contributed by atoms with Crippen LogP contribution in [0.3, 0.4) is 0 Å². The van der Waals surface area contributed by atoms with E-state index in [0.717, 1.165) is 0 Å². The van der Waals surface area contributed by atoms with Gasteiger partial charge in [0.25, 0.3) is 11.8 Å². The summed E-state index contributed by atoms with van der Waals surface area (Å²) in [6.45, 7) is -0.147. The molecule has 26 heavy (non-hydrogen) atoms. The number of esters is 1. The van der Waals surface area contributed by atoms with Gasteiger partial charge >= 0.3 is 5.97 Å². The monoisotopic (exact) mass is 356 g/mol. The number of hydrogen-bond donors (Lipinski definition) is 0. The number of ether oxygens (including phenoxy) is 3. The van der Waals surface area contributed by atoms with Gasteiger partial charge in [-0.05, 0) is 36.4 Å². The number of rotatable bonds is 7. The van der Waals surface area contributed by atoms with E-state index in [9.17, 15) is 4.79 Å². The van der Waals surface area contributed by atoms with Crippen LogP contribution in [-0.4, -0.2) is 30.4 Å². The maximum absolute atomic E-state index is 11.9. The summed E-state index contributed by atoms with van der Waals surface area (Å²) in [7, 11) is 3.11. The van der Waals surface area contributed by atoms with Crippen LogP contribution in [0.4, 0.5) is 0 Å². The minimum absolute atomic E-state index is 0.147. The Bertz CT molecular complexity index is 898. The average Bonchev–Trinajstić information content (AvgIpc) is 3.35. The Kier molecular flexibility index (Phi) is 5.33. The third kappa shape index (κ3) is 4.10. The van der Waals surface area contributed by atoms with Crippen LogP contribution in [0.2, 0.25) is 0 Å². The van der Waals surface area contributed by atoms with E-state index in [4.69, 9.17) is 23.0 Å². The van der Waals surface area contributed by atoms with Gasteiger partial charge in [-0.15, -0.1) is 10.2 Å². The molecule has 2 heterocycles. The van der Waals surface area contributed by atoms with Crippen molar-refractivity contribution in [2.75, 3.05) is 14.2 Å². The average molecular weight is 356 g/mol. The molecule has 0 amide bonds. The van der Waals surface area contributed by atoms with Gasteiger partial charge in [-0.2, -0.15) is 0 Å². The van der Waals surface area contributed by atoms with Crippen molar-refractivity contribution >= 4 is 12.0 Å². The molecule has 0 N–H and O–H groups in total. The van der Waals surface area contributed by atoms with E-state index in [0.29, 0.717) is 22.8 Å². The number of nitrogens with zero attached hydrogens (tertiary/aromatic N) is 2. The summed E-state index contributed by atoms with van der Waals surface area (Å²) in [6, 6.07) is 8.65. The van der Waals surface area contributed by atoms with Gasteiger partial charge < -0.3 is 23.0 Å². The van der Waals surface area contributed by atoms with E-state index in [2.05, 4.69) is 10.2 Å². The first-order chi connectivity index (χ1) is 12.7. The summed E-state index contributed by atoms with van der Waals surface area (Å²) in [5, 5.41) is 7.62. The minimum atomic E-state index is -0.562. The number of carbonyl (C=O) groups excluding carboxylic acids is 1. The second-order valence-electron chi connectivity index (χ2n) is 5.03. The van der Waals surface area contributed by atoms with E-state index in [1.54, 1.807) is 50.6 Å². The zero-order valence-electron chi connectivity index (χ0n) is 14.2. The molecule has 134 valence electrons. The summed E-state index contributed by atoms with van der Waals surface area (Å²) < 4.78 is 26.0. The molecule has 0 spiro atoms. The number of hydrogen-bond acceptors (Lipinski definition) is 8. The molecule has 0 saturated carbocycles. The van der Waals surface area contributed by atoms with Crippen LogP contribution in [-0.2, 0) is 16.1 Å². The topological polar surface area (TPSA) is 96.8 Å². The molecule has 0 atom stereocenters. The van der Waals surface area contributed by atoms with Crippen molar-refractivity contribution in [1.82, 2.24) is 10.2 Å². The fourth-order valence-corrected chi connectivity index (χ4v) is 2.12. The van der Waals surface area contributed by atoms with Crippen LogP contribution in [0.5, 0.6) is 11.5 Å². The number of aromatic nitrogens is 2. The number of carbonyl (C=O) groups is 1. The molecule has 0 unspecified atom stereocenters. The lowest BCUT2D eigenvalue weighted by atomic mass is 10.1. The molecule has 2 aromatic heterocycles. The lowest BCUT2D eigenvalue weighted by Crippen LogP contribution is -2.01. The van der Waals surface area contributed by atoms with Gasteiger partial charge in [-0.3, -0.25) is 0 Å². The van der Waals surface area contributed by atoms with Crippen LogP contribution in [0.25, 0.3) is 17.7 Å². The number of benzene rings is 1. The van der Waals surface area contributed by atoms with Crippen molar-refractivity contribution in [1.29, 1.82) is 0 Å². The lowest BCUT2D eigenvalue weighted by molar-refractivity contribution is -0.139. The molecule has 3 aromatic rings. The molecule has 0 aliphatic heterocycles. The standard InChI is InChI=1S/C18H16N2O6/c1-22-13-6-7-14(23-2)12(10-13)5-8-17(21)25-11-16-19-20-18(26-16)15-4-3-9-24-15/h3-10H,11H2,1-2H3/b8-5+. The summed E-state index contributed by atoms with van der Waals surface area (Å²) in [5.74, 6) is 1.52. The Hall–Kier alpha value is -3.55. The van der Waals surface area contributed by atoms with Crippen molar-refractivity contribution in [2.24, 2.45) is 0 Å². The Morgan fingerprint density at radius 1 is 1.19 bits per heavy atom. The van der Waals surface area contributed by atoms with E-state index < -0.39 is 5.97 Å². The maximum Gasteiger partial charge on any atom is 0.331 e. The lowest BCUT2D eigenvalue weighted by Gasteiger charge is -2.07. The highest BCUT2D eigenvalue weighted by atomic mass is 16.5. The first-order valence-electron chi connectivity index (χ1n) is 7.62. The Morgan fingerprint density at radius 2 is 2.08 bits per heavy atom. The third-order valence-electron chi connectivity index (χ3n) is 3.37. The predicted octanol–water partition coefficient (Wildman–Crippen LogP) is 3.10. The van der Waals surface area contributed by atoms with Gasteiger partial charge in [0.05, 0.1) is 20.5 Å². The smallest absolute Gasteiger partial charge is 0.331 e. The largest absolute Gasteiger partial charge is 0.497 e. The quantitative estimate of drug-likeness (QED) is 0.470. The molecular weight excluding hydrogens is 340 g/mol. The normalized spacial score (nSPS) is 10.8. The molecule has 0 bridgehead atoms. The highest BCUT2D eigenvalue weighted by Gasteiger charge is 2.12.